The minimum atomic E-state index is -3.33. The summed E-state index contributed by atoms with van der Waals surface area (Å²) >= 11 is 4.69. The topological polar surface area (TPSA) is 40.6 Å². The van der Waals surface area contributed by atoms with Crippen LogP contribution in [0.5, 0.6) is 0 Å². The zero-order valence-corrected chi connectivity index (χ0v) is 17.6. The van der Waals surface area contributed by atoms with E-state index in [2.05, 4.69) is 20.8 Å². The highest BCUT2D eigenvalue weighted by Gasteiger charge is 2.53. The number of hydrogen-bond donors (Lipinski definition) is 0. The summed E-state index contributed by atoms with van der Waals surface area (Å²) in [4.78, 5) is 2.67. The molecule has 0 amide bonds. The third kappa shape index (κ3) is 2.85. The minimum absolute atomic E-state index is 0.399. The molecular formula is C18H25BrN2O2S2. The van der Waals surface area contributed by atoms with Crippen molar-refractivity contribution in [2.45, 2.75) is 48.3 Å². The normalized spacial score (nSPS) is 39.2. The van der Waals surface area contributed by atoms with Gasteiger partial charge in [-0.05, 0) is 84.3 Å². The Morgan fingerprint density at radius 2 is 1.52 bits per heavy atom. The van der Waals surface area contributed by atoms with Gasteiger partial charge in [0.05, 0.1) is 3.79 Å². The van der Waals surface area contributed by atoms with E-state index in [-0.39, 0.29) is 0 Å². The molecule has 4 nitrogen and oxygen atoms in total. The summed E-state index contributed by atoms with van der Waals surface area (Å²) in [6.07, 6.45) is 8.47. The van der Waals surface area contributed by atoms with Crippen LogP contribution in [0.3, 0.4) is 0 Å². The first-order valence-corrected chi connectivity index (χ1v) is 12.5. The van der Waals surface area contributed by atoms with Crippen molar-refractivity contribution in [1.29, 1.82) is 0 Å². The molecule has 25 heavy (non-hydrogen) atoms. The van der Waals surface area contributed by atoms with Gasteiger partial charge in [0.15, 0.2) is 0 Å². The Morgan fingerprint density at radius 1 is 0.960 bits per heavy atom. The van der Waals surface area contributed by atoms with E-state index in [1.165, 1.54) is 49.9 Å². The minimum Gasteiger partial charge on any atom is -0.295 e. The van der Waals surface area contributed by atoms with E-state index in [0.717, 1.165) is 34.6 Å². The largest absolute Gasteiger partial charge is 0.295 e. The van der Waals surface area contributed by atoms with Gasteiger partial charge in [0.25, 0.3) is 10.0 Å². The lowest BCUT2D eigenvalue weighted by Crippen LogP contribution is -2.64. The quantitative estimate of drug-likeness (QED) is 0.711. The number of piperazine rings is 1. The van der Waals surface area contributed by atoms with E-state index in [1.54, 1.807) is 10.4 Å². The molecule has 0 unspecified atom stereocenters. The van der Waals surface area contributed by atoms with E-state index in [0.29, 0.717) is 22.8 Å². The second-order valence-electron chi connectivity index (χ2n) is 8.59. The molecule has 4 saturated carbocycles. The van der Waals surface area contributed by atoms with Crippen molar-refractivity contribution < 1.29 is 8.42 Å². The monoisotopic (exact) mass is 444 g/mol. The van der Waals surface area contributed by atoms with Crippen molar-refractivity contribution in [1.82, 2.24) is 9.21 Å². The SMILES string of the molecule is O=S(=O)(c1ccc(Br)s1)N1CCN(C23CC4CC(CC(C4)C2)C3)CC1. The molecule has 1 aliphatic heterocycles. The highest BCUT2D eigenvalue weighted by Crippen LogP contribution is 2.57. The van der Waals surface area contributed by atoms with Crippen LogP contribution in [-0.4, -0.2) is 49.3 Å². The van der Waals surface area contributed by atoms with Crippen LogP contribution in [0.25, 0.3) is 0 Å². The van der Waals surface area contributed by atoms with Gasteiger partial charge in [-0.15, -0.1) is 11.3 Å². The van der Waals surface area contributed by atoms with Gasteiger partial charge in [-0.3, -0.25) is 4.90 Å². The molecule has 0 aromatic carbocycles. The van der Waals surface area contributed by atoms with E-state index in [9.17, 15) is 8.42 Å². The first-order chi connectivity index (χ1) is 11.9. The van der Waals surface area contributed by atoms with E-state index in [1.807, 2.05) is 6.07 Å². The van der Waals surface area contributed by atoms with E-state index in [4.69, 9.17) is 0 Å². The number of sulfonamides is 1. The molecular weight excluding hydrogens is 420 g/mol. The molecule has 4 aliphatic carbocycles. The van der Waals surface area contributed by atoms with Crippen LogP contribution in [0.2, 0.25) is 0 Å². The molecule has 138 valence electrons. The molecule has 1 aromatic rings. The van der Waals surface area contributed by atoms with Gasteiger partial charge in [-0.2, -0.15) is 4.31 Å². The summed E-state index contributed by atoms with van der Waals surface area (Å²) in [7, 11) is -3.33. The van der Waals surface area contributed by atoms with Crippen molar-refractivity contribution in [3.8, 4) is 0 Å². The maximum atomic E-state index is 12.9. The molecule has 7 heteroatoms. The highest BCUT2D eigenvalue weighted by molar-refractivity contribution is 9.11. The average molecular weight is 445 g/mol. The molecule has 5 aliphatic rings. The van der Waals surface area contributed by atoms with Crippen molar-refractivity contribution in [2.24, 2.45) is 17.8 Å². The molecule has 2 heterocycles. The highest BCUT2D eigenvalue weighted by atomic mass is 79.9. The van der Waals surface area contributed by atoms with Crippen LogP contribution in [0, 0.1) is 17.8 Å². The molecule has 0 atom stereocenters. The lowest BCUT2D eigenvalue weighted by atomic mass is 9.52. The van der Waals surface area contributed by atoms with Gasteiger partial charge < -0.3 is 0 Å². The lowest BCUT2D eigenvalue weighted by molar-refractivity contribution is -0.0964. The second-order valence-corrected chi connectivity index (χ2v) is 13.2. The average Bonchev–Trinajstić information content (AvgIpc) is 3.01. The molecule has 0 spiro atoms. The molecule has 0 N–H and O–H groups in total. The molecule has 4 bridgehead atoms. The lowest BCUT2D eigenvalue weighted by Gasteiger charge is -2.61. The number of hydrogen-bond acceptors (Lipinski definition) is 4. The van der Waals surface area contributed by atoms with Crippen molar-refractivity contribution >= 4 is 37.3 Å². The predicted octanol–water partition coefficient (Wildman–Crippen LogP) is 3.79. The van der Waals surface area contributed by atoms with Crippen molar-refractivity contribution in [3.63, 3.8) is 0 Å². The standard InChI is InChI=1S/C18H25BrN2O2S2/c19-16-1-2-17(24-16)25(22,23)21-5-3-20(4-6-21)18-10-13-7-14(11-18)9-15(8-13)12-18/h1-2,13-15H,3-12H2. The van der Waals surface area contributed by atoms with Gasteiger partial charge >= 0.3 is 0 Å². The smallest absolute Gasteiger partial charge is 0.252 e. The maximum Gasteiger partial charge on any atom is 0.252 e. The predicted molar refractivity (Wildman–Crippen MR) is 103 cm³/mol. The molecule has 5 fully saturated rings. The Morgan fingerprint density at radius 3 is 2.00 bits per heavy atom. The van der Waals surface area contributed by atoms with Crippen molar-refractivity contribution in [2.75, 3.05) is 26.2 Å². The van der Waals surface area contributed by atoms with Gasteiger partial charge in [0.1, 0.15) is 4.21 Å². The summed E-state index contributed by atoms with van der Waals surface area (Å²) in [5, 5.41) is 0. The van der Waals surface area contributed by atoms with Crippen LogP contribution in [0.1, 0.15) is 38.5 Å². The fourth-order valence-electron chi connectivity index (χ4n) is 6.42. The molecule has 1 aromatic heterocycles. The maximum absolute atomic E-state index is 12.9. The van der Waals surface area contributed by atoms with Gasteiger partial charge in [0, 0.05) is 31.7 Å². The first-order valence-electron chi connectivity index (χ1n) is 9.45. The number of thiophene rings is 1. The van der Waals surface area contributed by atoms with Crippen LogP contribution in [0.4, 0.5) is 0 Å². The fraction of sp³-hybridized carbons (Fsp3) is 0.778. The summed E-state index contributed by atoms with van der Waals surface area (Å²) < 4.78 is 28.7. The summed E-state index contributed by atoms with van der Waals surface area (Å²) in [5.74, 6) is 2.82. The Balaban J connectivity index is 1.30. The molecule has 1 saturated heterocycles. The van der Waals surface area contributed by atoms with Crippen LogP contribution < -0.4 is 0 Å². The van der Waals surface area contributed by atoms with Crippen LogP contribution in [0.15, 0.2) is 20.1 Å². The Labute approximate surface area is 162 Å². The third-order valence-electron chi connectivity index (χ3n) is 7.06. The molecule has 6 rings (SSSR count). The van der Waals surface area contributed by atoms with Gasteiger partial charge in [0.2, 0.25) is 0 Å². The molecule has 0 radical (unpaired) electrons. The van der Waals surface area contributed by atoms with Crippen molar-refractivity contribution in [3.05, 3.63) is 15.9 Å². The van der Waals surface area contributed by atoms with Gasteiger partial charge in [-0.1, -0.05) is 0 Å². The Hall–Kier alpha value is 0.0500. The van der Waals surface area contributed by atoms with Crippen LogP contribution in [-0.2, 0) is 10.0 Å². The third-order valence-corrected chi connectivity index (χ3v) is 11.0. The Bertz CT molecular complexity index is 733. The number of nitrogens with zero attached hydrogens (tertiary/aromatic N) is 2. The Kier molecular flexibility index (Phi) is 4.14. The van der Waals surface area contributed by atoms with Crippen LogP contribution >= 0.6 is 27.3 Å². The first kappa shape index (κ1) is 17.2. The van der Waals surface area contributed by atoms with E-state index < -0.39 is 10.0 Å². The second kappa shape index (κ2) is 6.03. The number of halogens is 1. The number of rotatable bonds is 3. The fourth-order valence-corrected chi connectivity index (χ4v) is 10.0. The van der Waals surface area contributed by atoms with Gasteiger partial charge in [-0.25, -0.2) is 8.42 Å². The zero-order chi connectivity index (χ0) is 17.2. The summed E-state index contributed by atoms with van der Waals surface area (Å²) in [6, 6.07) is 3.54. The zero-order valence-electron chi connectivity index (χ0n) is 14.4. The summed E-state index contributed by atoms with van der Waals surface area (Å²) in [6.45, 7) is 3.08. The van der Waals surface area contributed by atoms with E-state index >= 15 is 0 Å². The summed E-state index contributed by atoms with van der Waals surface area (Å²) in [5.41, 5.74) is 0.399.